The van der Waals surface area contributed by atoms with Crippen LogP contribution in [0.3, 0.4) is 0 Å². The van der Waals surface area contributed by atoms with Crippen LogP contribution in [0.1, 0.15) is 31.2 Å². The number of aryl methyl sites for hydroxylation is 1. The Kier molecular flexibility index (Phi) is 6.50. The van der Waals surface area contributed by atoms with Crippen molar-refractivity contribution in [1.82, 2.24) is 5.32 Å². The topological polar surface area (TPSA) is 89.8 Å². The molecule has 0 unspecified atom stereocenters. The number of carbonyl (C=O) groups excluding carboxylic acids is 1. The molecule has 1 fully saturated rings. The fourth-order valence-electron chi connectivity index (χ4n) is 2.99. The van der Waals surface area contributed by atoms with E-state index < -0.39 is 24.2 Å². The van der Waals surface area contributed by atoms with Gasteiger partial charge in [0.25, 0.3) is 0 Å². The molecule has 2 rings (SSSR count). The molecule has 23 heavy (non-hydrogen) atoms. The third kappa shape index (κ3) is 4.99. The number of aliphatic hydroxyl groups is 3. The second-order valence-corrected chi connectivity index (χ2v) is 6.17. The van der Waals surface area contributed by atoms with Gasteiger partial charge in [0, 0.05) is 18.9 Å². The van der Waals surface area contributed by atoms with Crippen LogP contribution in [0, 0.1) is 11.7 Å². The van der Waals surface area contributed by atoms with Crippen molar-refractivity contribution in [2.24, 2.45) is 5.92 Å². The lowest BCUT2D eigenvalue weighted by Crippen LogP contribution is -2.43. The van der Waals surface area contributed by atoms with Crippen LogP contribution in [0.5, 0.6) is 0 Å². The summed E-state index contributed by atoms with van der Waals surface area (Å²) < 4.78 is 12.8. The lowest BCUT2D eigenvalue weighted by molar-refractivity contribution is -0.122. The highest BCUT2D eigenvalue weighted by Gasteiger charge is 2.41. The summed E-state index contributed by atoms with van der Waals surface area (Å²) in [5, 5.41) is 31.4. The summed E-state index contributed by atoms with van der Waals surface area (Å²) >= 11 is 0. The fourth-order valence-corrected chi connectivity index (χ4v) is 2.99. The Morgan fingerprint density at radius 3 is 2.48 bits per heavy atom. The van der Waals surface area contributed by atoms with Crippen LogP contribution in [0.4, 0.5) is 4.39 Å². The summed E-state index contributed by atoms with van der Waals surface area (Å²) in [6, 6.07) is 5.81. The number of aliphatic hydroxyl groups excluding tert-OH is 3. The average molecular weight is 325 g/mol. The van der Waals surface area contributed by atoms with E-state index in [0.29, 0.717) is 19.3 Å². The molecule has 1 aromatic rings. The quantitative estimate of drug-likeness (QED) is 0.557. The highest BCUT2D eigenvalue weighted by atomic mass is 19.1. The second kappa shape index (κ2) is 8.38. The number of unbranched alkanes of at least 4 members (excludes halogenated alkanes) is 1. The first-order valence-corrected chi connectivity index (χ1v) is 8.02. The van der Waals surface area contributed by atoms with Gasteiger partial charge in [-0.25, -0.2) is 4.39 Å². The molecule has 0 aliphatic heterocycles. The molecular weight excluding hydrogens is 301 g/mol. The highest BCUT2D eigenvalue weighted by Crippen LogP contribution is 2.26. The van der Waals surface area contributed by atoms with Crippen LogP contribution in [0.2, 0.25) is 0 Å². The molecule has 1 amide bonds. The largest absolute Gasteiger partial charge is 0.396 e. The molecule has 0 spiro atoms. The number of benzene rings is 1. The lowest BCUT2D eigenvalue weighted by Gasteiger charge is -2.18. The van der Waals surface area contributed by atoms with Crippen LogP contribution in [0.15, 0.2) is 24.3 Å². The Hall–Kier alpha value is -1.50. The average Bonchev–Trinajstić information content (AvgIpc) is 2.81. The van der Waals surface area contributed by atoms with Crippen molar-refractivity contribution >= 4 is 5.91 Å². The molecule has 1 aromatic carbocycles. The number of rotatable bonds is 7. The number of nitrogens with one attached hydrogen (secondary N) is 1. The molecule has 4 N–H and O–H groups in total. The first-order chi connectivity index (χ1) is 11.0. The molecular formula is C17H24FNO4. The summed E-state index contributed by atoms with van der Waals surface area (Å²) in [6.45, 7) is -0.206. The lowest BCUT2D eigenvalue weighted by atomic mass is 10.1. The van der Waals surface area contributed by atoms with E-state index >= 15 is 0 Å². The van der Waals surface area contributed by atoms with Gasteiger partial charge in [-0.3, -0.25) is 4.79 Å². The van der Waals surface area contributed by atoms with Crippen LogP contribution in [-0.4, -0.2) is 46.1 Å². The third-order valence-electron chi connectivity index (χ3n) is 4.42. The van der Waals surface area contributed by atoms with Crippen LogP contribution >= 0.6 is 0 Å². The molecule has 1 aliphatic rings. The van der Waals surface area contributed by atoms with Gasteiger partial charge >= 0.3 is 0 Å². The standard InChI is InChI=1S/C17H24FNO4/c18-13-7-5-11(6-8-13)3-1-2-4-15(21)19-14-9-12(10-20)16(22)17(14)23/h5-8,12,14,16-17,20,22-23H,1-4,9-10H2,(H,19,21)/t12-,14-,16-,17+/m0/s1. The van der Waals surface area contributed by atoms with Crippen molar-refractivity contribution < 1.29 is 24.5 Å². The molecule has 0 radical (unpaired) electrons. The van der Waals surface area contributed by atoms with Crippen LogP contribution < -0.4 is 5.32 Å². The van der Waals surface area contributed by atoms with Crippen molar-refractivity contribution in [2.75, 3.05) is 6.61 Å². The highest BCUT2D eigenvalue weighted by molar-refractivity contribution is 5.76. The van der Waals surface area contributed by atoms with E-state index in [-0.39, 0.29) is 18.3 Å². The van der Waals surface area contributed by atoms with E-state index in [0.717, 1.165) is 18.4 Å². The smallest absolute Gasteiger partial charge is 0.220 e. The zero-order valence-corrected chi connectivity index (χ0v) is 13.0. The summed E-state index contributed by atoms with van der Waals surface area (Å²) in [7, 11) is 0. The number of hydrogen-bond donors (Lipinski definition) is 4. The molecule has 5 nitrogen and oxygen atoms in total. The van der Waals surface area contributed by atoms with E-state index in [1.165, 1.54) is 12.1 Å². The molecule has 0 aromatic heterocycles. The van der Waals surface area contributed by atoms with Crippen molar-refractivity contribution in [3.05, 3.63) is 35.6 Å². The Morgan fingerprint density at radius 2 is 1.87 bits per heavy atom. The Labute approximate surface area is 135 Å². The van der Waals surface area contributed by atoms with Gasteiger partial charge in [-0.2, -0.15) is 0 Å². The summed E-state index contributed by atoms with van der Waals surface area (Å²) in [5.41, 5.74) is 1.03. The van der Waals surface area contributed by atoms with Gasteiger partial charge in [-0.15, -0.1) is 0 Å². The Bertz CT molecular complexity index is 508. The number of hydrogen-bond acceptors (Lipinski definition) is 4. The maximum absolute atomic E-state index is 12.8. The molecule has 128 valence electrons. The minimum Gasteiger partial charge on any atom is -0.396 e. The van der Waals surface area contributed by atoms with Crippen molar-refractivity contribution in [3.8, 4) is 0 Å². The summed E-state index contributed by atoms with van der Waals surface area (Å²) in [4.78, 5) is 11.9. The van der Waals surface area contributed by atoms with Crippen molar-refractivity contribution in [3.63, 3.8) is 0 Å². The molecule has 1 saturated carbocycles. The molecule has 0 heterocycles. The zero-order chi connectivity index (χ0) is 16.8. The SMILES string of the molecule is O=C(CCCCc1ccc(F)cc1)N[C@H]1C[C@@H](CO)[C@H](O)[C@@H]1O. The normalized spacial score (nSPS) is 27.1. The van der Waals surface area contributed by atoms with Crippen molar-refractivity contribution in [2.45, 2.75) is 50.4 Å². The van der Waals surface area contributed by atoms with Gasteiger partial charge in [0.05, 0.1) is 12.1 Å². The molecule has 0 bridgehead atoms. The third-order valence-corrected chi connectivity index (χ3v) is 4.42. The molecule has 1 aliphatic carbocycles. The summed E-state index contributed by atoms with van der Waals surface area (Å²) in [6.07, 6.45) is 0.973. The van der Waals surface area contributed by atoms with Crippen LogP contribution in [0.25, 0.3) is 0 Å². The maximum atomic E-state index is 12.8. The predicted octanol–water partition coefficient (Wildman–Crippen LogP) is 0.757. The van der Waals surface area contributed by atoms with Gasteiger partial charge in [-0.05, 0) is 43.4 Å². The summed E-state index contributed by atoms with van der Waals surface area (Å²) in [5.74, 6) is -0.820. The maximum Gasteiger partial charge on any atom is 0.220 e. The fraction of sp³-hybridized carbons (Fsp3) is 0.588. The second-order valence-electron chi connectivity index (χ2n) is 6.17. The predicted molar refractivity (Wildman–Crippen MR) is 83.1 cm³/mol. The van der Waals surface area contributed by atoms with E-state index in [4.69, 9.17) is 5.11 Å². The van der Waals surface area contributed by atoms with Crippen LogP contribution in [-0.2, 0) is 11.2 Å². The monoisotopic (exact) mass is 325 g/mol. The number of carbonyl (C=O) groups is 1. The van der Waals surface area contributed by atoms with Gasteiger partial charge in [0.2, 0.25) is 5.91 Å². The molecule has 6 heteroatoms. The zero-order valence-electron chi connectivity index (χ0n) is 13.0. The van der Waals surface area contributed by atoms with Gasteiger partial charge in [0.15, 0.2) is 0 Å². The van der Waals surface area contributed by atoms with E-state index in [2.05, 4.69) is 5.32 Å². The number of amides is 1. The first-order valence-electron chi connectivity index (χ1n) is 8.02. The number of halogens is 1. The molecule has 0 saturated heterocycles. The van der Waals surface area contributed by atoms with E-state index in [9.17, 15) is 19.4 Å². The molecule has 4 atom stereocenters. The Balaban J connectivity index is 1.66. The minimum atomic E-state index is -1.03. The van der Waals surface area contributed by atoms with E-state index in [1.54, 1.807) is 12.1 Å². The van der Waals surface area contributed by atoms with Gasteiger partial charge in [-0.1, -0.05) is 12.1 Å². The van der Waals surface area contributed by atoms with E-state index in [1.807, 2.05) is 0 Å². The minimum absolute atomic E-state index is 0.168. The van der Waals surface area contributed by atoms with Gasteiger partial charge in [0.1, 0.15) is 11.9 Å². The van der Waals surface area contributed by atoms with Crippen molar-refractivity contribution in [1.29, 1.82) is 0 Å². The van der Waals surface area contributed by atoms with Gasteiger partial charge < -0.3 is 20.6 Å². The first kappa shape index (κ1) is 17.8. The Morgan fingerprint density at radius 1 is 1.17 bits per heavy atom.